The molecule has 144 valence electrons. The third-order valence-electron chi connectivity index (χ3n) is 3.42. The van der Waals surface area contributed by atoms with Crippen molar-refractivity contribution in [1.29, 1.82) is 0 Å². The highest BCUT2D eigenvalue weighted by atomic mass is 16.5. The molecular formula is C19H38O5. The Bertz CT molecular complexity index is 289. The van der Waals surface area contributed by atoms with E-state index in [1.807, 2.05) is 6.92 Å². The highest BCUT2D eigenvalue weighted by Gasteiger charge is 2.07. The highest BCUT2D eigenvalue weighted by molar-refractivity contribution is 5.73. The molecule has 5 heteroatoms. The largest absolute Gasteiger partial charge is 0.466 e. The van der Waals surface area contributed by atoms with Gasteiger partial charge >= 0.3 is 11.9 Å². The molecule has 0 rings (SSSR count). The summed E-state index contributed by atoms with van der Waals surface area (Å²) < 4.78 is 9.29. The first kappa shape index (κ1) is 25.1. The van der Waals surface area contributed by atoms with Crippen molar-refractivity contribution < 1.29 is 24.2 Å². The molecule has 5 nitrogen and oxygen atoms in total. The van der Waals surface area contributed by atoms with Crippen molar-refractivity contribution in [3.63, 3.8) is 0 Å². The first-order chi connectivity index (χ1) is 11.5. The second kappa shape index (κ2) is 19.9. The van der Waals surface area contributed by atoms with E-state index in [0.717, 1.165) is 6.42 Å². The molecule has 1 atom stereocenters. The summed E-state index contributed by atoms with van der Waals surface area (Å²) >= 11 is 0. The van der Waals surface area contributed by atoms with Crippen LogP contribution in [0.2, 0.25) is 0 Å². The Morgan fingerprint density at radius 2 is 1.25 bits per heavy atom. The Labute approximate surface area is 148 Å². The van der Waals surface area contributed by atoms with E-state index in [2.05, 4.69) is 11.7 Å². The number of rotatable bonds is 13. The van der Waals surface area contributed by atoms with Crippen LogP contribution in [0.5, 0.6) is 0 Å². The second-order valence-electron chi connectivity index (χ2n) is 5.81. The van der Waals surface area contributed by atoms with Crippen molar-refractivity contribution in [3.8, 4) is 0 Å². The number of esters is 2. The zero-order valence-electron chi connectivity index (χ0n) is 16.1. The van der Waals surface area contributed by atoms with Crippen molar-refractivity contribution >= 4 is 11.9 Å². The monoisotopic (exact) mass is 346 g/mol. The van der Waals surface area contributed by atoms with Gasteiger partial charge in [-0.25, -0.2) is 4.79 Å². The number of hydrogen-bond acceptors (Lipinski definition) is 5. The van der Waals surface area contributed by atoms with Gasteiger partial charge in [0.15, 0.2) is 0 Å². The van der Waals surface area contributed by atoms with Gasteiger partial charge in [-0.05, 0) is 27.2 Å². The summed E-state index contributed by atoms with van der Waals surface area (Å²) in [4.78, 5) is 21.3. The van der Waals surface area contributed by atoms with E-state index in [4.69, 9.17) is 9.84 Å². The molecule has 0 saturated heterocycles. The average Bonchev–Trinajstić information content (AvgIpc) is 2.54. The van der Waals surface area contributed by atoms with Gasteiger partial charge in [0.2, 0.25) is 0 Å². The fourth-order valence-electron chi connectivity index (χ4n) is 2.08. The molecule has 0 heterocycles. The molecule has 0 aromatic rings. The summed E-state index contributed by atoms with van der Waals surface area (Å²) in [5.41, 5.74) is 0. The van der Waals surface area contributed by atoms with Crippen molar-refractivity contribution in [2.75, 3.05) is 13.2 Å². The molecular weight excluding hydrogens is 308 g/mol. The molecule has 0 fully saturated rings. The minimum Gasteiger partial charge on any atom is -0.466 e. The SMILES string of the molecule is CCCCCCCCCCCC(=O)OCC.CCOC(=O)C(C)O. The van der Waals surface area contributed by atoms with Gasteiger partial charge < -0.3 is 14.6 Å². The highest BCUT2D eigenvalue weighted by Crippen LogP contribution is 2.10. The Kier molecular flexibility index (Phi) is 20.9. The number of aliphatic hydroxyl groups excluding tert-OH is 1. The molecule has 0 aromatic heterocycles. The summed E-state index contributed by atoms with van der Waals surface area (Å²) in [6.45, 7) is 8.00. The zero-order valence-corrected chi connectivity index (χ0v) is 16.1. The van der Waals surface area contributed by atoms with Crippen LogP contribution in [0.3, 0.4) is 0 Å². The van der Waals surface area contributed by atoms with Gasteiger partial charge in [-0.1, -0.05) is 58.3 Å². The normalized spacial score (nSPS) is 11.2. The minimum absolute atomic E-state index is 0.0366. The van der Waals surface area contributed by atoms with Crippen LogP contribution >= 0.6 is 0 Å². The van der Waals surface area contributed by atoms with Gasteiger partial charge in [-0.15, -0.1) is 0 Å². The van der Waals surface area contributed by atoms with Gasteiger partial charge in [-0.3, -0.25) is 4.79 Å². The Morgan fingerprint density at radius 3 is 1.62 bits per heavy atom. The summed E-state index contributed by atoms with van der Waals surface area (Å²) in [5, 5.41) is 8.48. The predicted octanol–water partition coefficient (Wildman–Crippen LogP) is 4.40. The number of hydrogen-bond donors (Lipinski definition) is 1. The van der Waals surface area contributed by atoms with Gasteiger partial charge in [0, 0.05) is 6.42 Å². The van der Waals surface area contributed by atoms with Gasteiger partial charge in [0.05, 0.1) is 13.2 Å². The quantitative estimate of drug-likeness (QED) is 0.395. The molecule has 0 saturated carbocycles. The number of aliphatic hydroxyl groups is 1. The fourth-order valence-corrected chi connectivity index (χ4v) is 2.08. The Morgan fingerprint density at radius 1 is 0.792 bits per heavy atom. The molecule has 0 aliphatic heterocycles. The topological polar surface area (TPSA) is 72.8 Å². The van der Waals surface area contributed by atoms with Crippen LogP contribution in [0.1, 0.15) is 91.9 Å². The fraction of sp³-hybridized carbons (Fsp3) is 0.895. The Hall–Kier alpha value is -1.10. The lowest BCUT2D eigenvalue weighted by Gasteiger charge is -2.02. The third-order valence-corrected chi connectivity index (χ3v) is 3.42. The van der Waals surface area contributed by atoms with Gasteiger partial charge in [0.1, 0.15) is 6.10 Å². The van der Waals surface area contributed by atoms with Gasteiger partial charge in [-0.2, -0.15) is 0 Å². The summed E-state index contributed by atoms with van der Waals surface area (Å²) in [5.74, 6) is -0.599. The average molecular weight is 347 g/mol. The molecule has 1 unspecified atom stereocenters. The number of carbonyl (C=O) groups excluding carboxylic acids is 2. The molecule has 0 aliphatic rings. The van der Waals surface area contributed by atoms with E-state index < -0.39 is 12.1 Å². The van der Waals surface area contributed by atoms with Crippen molar-refractivity contribution in [3.05, 3.63) is 0 Å². The first-order valence-electron chi connectivity index (χ1n) is 9.49. The first-order valence-corrected chi connectivity index (χ1v) is 9.49. The molecule has 1 N–H and O–H groups in total. The predicted molar refractivity (Wildman–Crippen MR) is 96.8 cm³/mol. The summed E-state index contributed by atoms with van der Waals surface area (Å²) in [6, 6.07) is 0. The lowest BCUT2D eigenvalue weighted by Crippen LogP contribution is -2.18. The molecule has 0 spiro atoms. The van der Waals surface area contributed by atoms with Crippen molar-refractivity contribution in [2.24, 2.45) is 0 Å². The van der Waals surface area contributed by atoms with Crippen LogP contribution in [-0.4, -0.2) is 36.4 Å². The van der Waals surface area contributed by atoms with Crippen LogP contribution in [0, 0.1) is 0 Å². The standard InChI is InChI=1S/C14H28O2.C5H10O3/c1-3-5-6-7-8-9-10-11-12-13-14(15)16-4-2;1-3-8-5(7)4(2)6/h3-13H2,1-2H3;4,6H,3H2,1-2H3. The molecule has 0 aromatic carbocycles. The maximum Gasteiger partial charge on any atom is 0.334 e. The molecule has 24 heavy (non-hydrogen) atoms. The van der Waals surface area contributed by atoms with E-state index in [9.17, 15) is 9.59 Å². The van der Waals surface area contributed by atoms with Crippen LogP contribution in [0.15, 0.2) is 0 Å². The van der Waals surface area contributed by atoms with Crippen LogP contribution in [0.25, 0.3) is 0 Å². The number of unbranched alkanes of at least 4 members (excludes halogenated alkanes) is 8. The number of ether oxygens (including phenoxy) is 2. The van der Waals surface area contributed by atoms with Crippen molar-refractivity contribution in [2.45, 2.75) is 98.0 Å². The van der Waals surface area contributed by atoms with Crippen LogP contribution in [0.4, 0.5) is 0 Å². The van der Waals surface area contributed by atoms with Crippen LogP contribution < -0.4 is 0 Å². The second-order valence-corrected chi connectivity index (χ2v) is 5.81. The van der Waals surface area contributed by atoms with E-state index >= 15 is 0 Å². The summed E-state index contributed by atoms with van der Waals surface area (Å²) in [6.07, 6.45) is 11.2. The van der Waals surface area contributed by atoms with E-state index in [-0.39, 0.29) is 5.97 Å². The minimum atomic E-state index is -0.991. The van der Waals surface area contributed by atoms with Gasteiger partial charge in [0.25, 0.3) is 0 Å². The van der Waals surface area contributed by atoms with E-state index in [1.165, 1.54) is 58.3 Å². The lowest BCUT2D eigenvalue weighted by molar-refractivity contribution is -0.152. The smallest absolute Gasteiger partial charge is 0.334 e. The Balaban J connectivity index is 0. The van der Waals surface area contributed by atoms with E-state index in [1.54, 1.807) is 6.92 Å². The third kappa shape index (κ3) is 20.9. The van der Waals surface area contributed by atoms with Crippen LogP contribution in [-0.2, 0) is 19.1 Å². The van der Waals surface area contributed by atoms with Crippen molar-refractivity contribution in [1.82, 2.24) is 0 Å². The molecule has 0 radical (unpaired) electrons. The molecule has 0 aliphatic carbocycles. The summed E-state index contributed by atoms with van der Waals surface area (Å²) in [7, 11) is 0. The zero-order chi connectivity index (χ0) is 18.6. The number of carbonyl (C=O) groups is 2. The maximum absolute atomic E-state index is 11.0. The molecule has 0 bridgehead atoms. The lowest BCUT2D eigenvalue weighted by atomic mass is 10.1. The maximum atomic E-state index is 11.0. The molecule has 0 amide bonds. The van der Waals surface area contributed by atoms with E-state index in [0.29, 0.717) is 19.6 Å².